The molecule has 0 amide bonds. The van der Waals surface area contributed by atoms with Crippen LogP contribution >= 0.6 is 11.6 Å². The number of aromatic nitrogens is 2. The predicted octanol–water partition coefficient (Wildman–Crippen LogP) is 4.00. The van der Waals surface area contributed by atoms with Gasteiger partial charge < -0.3 is 10.1 Å². The fourth-order valence-corrected chi connectivity index (χ4v) is 3.13. The molecule has 28 heavy (non-hydrogen) atoms. The molecule has 0 saturated carbocycles. The molecule has 0 unspecified atom stereocenters. The molecule has 4 rings (SSSR count). The molecule has 1 heterocycles. The molecule has 0 aliphatic heterocycles. The monoisotopic (exact) mass is 391 g/mol. The summed E-state index contributed by atoms with van der Waals surface area (Å²) in [6, 6.07) is 17.7. The van der Waals surface area contributed by atoms with Gasteiger partial charge in [-0.25, -0.2) is 14.4 Å². The van der Waals surface area contributed by atoms with Crippen LogP contribution in [0, 0.1) is 5.82 Å². The number of nitrogens with one attached hydrogen (secondary N) is 1. The molecule has 0 aliphatic rings. The maximum atomic E-state index is 13.3. The molecule has 4 nitrogen and oxygen atoms in total. The quantitative estimate of drug-likeness (QED) is 0.522. The number of hydrogen-bond acceptors (Lipinski definition) is 4. The van der Waals surface area contributed by atoms with Gasteiger partial charge >= 0.3 is 0 Å². The van der Waals surface area contributed by atoms with Crippen molar-refractivity contribution >= 4 is 47.3 Å². The van der Waals surface area contributed by atoms with E-state index in [0.717, 1.165) is 27.6 Å². The minimum absolute atomic E-state index is 0.236. The SMILES string of the molecule is Bc1ccc2ncnc(Nc3ccc(OCc4cccc(F)c4)c(Cl)c3)c2c1. The van der Waals surface area contributed by atoms with Gasteiger partial charge in [-0.1, -0.05) is 41.3 Å². The van der Waals surface area contributed by atoms with E-state index in [1.807, 2.05) is 32.1 Å². The Morgan fingerprint density at radius 2 is 1.93 bits per heavy atom. The number of benzene rings is 3. The summed E-state index contributed by atoms with van der Waals surface area (Å²) in [5.74, 6) is 0.942. The summed E-state index contributed by atoms with van der Waals surface area (Å²) in [4.78, 5) is 8.64. The van der Waals surface area contributed by atoms with Gasteiger partial charge in [0, 0.05) is 11.1 Å². The lowest BCUT2D eigenvalue weighted by Gasteiger charge is -2.12. The van der Waals surface area contributed by atoms with Gasteiger partial charge in [0.15, 0.2) is 0 Å². The maximum Gasteiger partial charge on any atom is 0.141 e. The zero-order chi connectivity index (χ0) is 19.5. The second-order valence-electron chi connectivity index (χ2n) is 6.43. The molecule has 0 saturated heterocycles. The molecule has 138 valence electrons. The first-order valence-corrected chi connectivity index (χ1v) is 9.11. The number of fused-ring (bicyclic) bond motifs is 1. The Morgan fingerprint density at radius 1 is 1.04 bits per heavy atom. The van der Waals surface area contributed by atoms with E-state index in [1.165, 1.54) is 18.5 Å². The normalized spacial score (nSPS) is 10.8. The Labute approximate surface area is 167 Å². The number of halogens is 2. The topological polar surface area (TPSA) is 47.0 Å². The Morgan fingerprint density at radius 3 is 2.75 bits per heavy atom. The average molecular weight is 392 g/mol. The fraction of sp³-hybridized carbons (Fsp3) is 0.0476. The third-order valence-corrected chi connectivity index (χ3v) is 4.56. The molecule has 4 aromatic rings. The van der Waals surface area contributed by atoms with E-state index in [-0.39, 0.29) is 12.4 Å². The van der Waals surface area contributed by atoms with E-state index in [4.69, 9.17) is 16.3 Å². The molecule has 1 N–H and O–H groups in total. The maximum absolute atomic E-state index is 13.3. The van der Waals surface area contributed by atoms with Crippen molar-refractivity contribution < 1.29 is 9.13 Å². The minimum atomic E-state index is -0.293. The van der Waals surface area contributed by atoms with Gasteiger partial charge in [-0.15, -0.1) is 0 Å². The summed E-state index contributed by atoms with van der Waals surface area (Å²) in [6.45, 7) is 0.236. The van der Waals surface area contributed by atoms with Crippen molar-refractivity contribution in [3.8, 4) is 5.75 Å². The lowest BCUT2D eigenvalue weighted by atomic mass is 9.95. The van der Waals surface area contributed by atoms with Crippen molar-refractivity contribution in [3.63, 3.8) is 0 Å². The van der Waals surface area contributed by atoms with Crippen molar-refractivity contribution in [1.29, 1.82) is 0 Å². The Bertz CT molecular complexity index is 1160. The third kappa shape index (κ3) is 4.07. The highest BCUT2D eigenvalue weighted by molar-refractivity contribution is 6.33. The number of ether oxygens (including phenoxy) is 1. The zero-order valence-electron chi connectivity index (χ0n) is 15.1. The number of hydrogen-bond donors (Lipinski definition) is 1. The first-order chi connectivity index (χ1) is 13.6. The van der Waals surface area contributed by atoms with Crippen molar-refractivity contribution in [1.82, 2.24) is 9.97 Å². The molecule has 0 atom stereocenters. The summed E-state index contributed by atoms with van der Waals surface area (Å²) in [7, 11) is 2.03. The molecule has 7 heteroatoms. The number of rotatable bonds is 5. The van der Waals surface area contributed by atoms with E-state index in [9.17, 15) is 4.39 Å². The van der Waals surface area contributed by atoms with Crippen LogP contribution in [0.2, 0.25) is 5.02 Å². The van der Waals surface area contributed by atoms with Gasteiger partial charge in [-0.3, -0.25) is 0 Å². The first kappa shape index (κ1) is 18.3. The zero-order valence-corrected chi connectivity index (χ0v) is 15.9. The van der Waals surface area contributed by atoms with Crippen molar-refractivity contribution in [2.45, 2.75) is 6.61 Å². The van der Waals surface area contributed by atoms with E-state index in [1.54, 1.807) is 24.3 Å². The fourth-order valence-electron chi connectivity index (χ4n) is 2.89. The lowest BCUT2D eigenvalue weighted by Crippen LogP contribution is -2.03. The van der Waals surface area contributed by atoms with Crippen LogP contribution in [0.5, 0.6) is 5.75 Å². The molecule has 0 radical (unpaired) electrons. The third-order valence-electron chi connectivity index (χ3n) is 4.27. The smallest absolute Gasteiger partial charge is 0.141 e. The number of nitrogens with zero attached hydrogens (tertiary/aromatic N) is 2. The highest BCUT2D eigenvalue weighted by atomic mass is 35.5. The highest BCUT2D eigenvalue weighted by Crippen LogP contribution is 2.30. The van der Waals surface area contributed by atoms with Crippen molar-refractivity contribution in [2.24, 2.45) is 0 Å². The Balaban J connectivity index is 1.53. The number of anilines is 2. The van der Waals surface area contributed by atoms with Crippen LogP contribution in [-0.2, 0) is 6.61 Å². The van der Waals surface area contributed by atoms with Crippen LogP contribution < -0.4 is 15.5 Å². The van der Waals surface area contributed by atoms with Crippen LogP contribution in [0.15, 0.2) is 67.0 Å². The van der Waals surface area contributed by atoms with E-state index in [2.05, 4.69) is 15.3 Å². The van der Waals surface area contributed by atoms with Crippen LogP contribution in [0.4, 0.5) is 15.9 Å². The van der Waals surface area contributed by atoms with Crippen molar-refractivity contribution in [3.05, 3.63) is 83.4 Å². The van der Waals surface area contributed by atoms with Gasteiger partial charge in [0.05, 0.1) is 10.5 Å². The molecular formula is C21H16BClFN3O. The Kier molecular flexibility index (Phi) is 5.13. The van der Waals surface area contributed by atoms with Gasteiger partial charge in [0.25, 0.3) is 0 Å². The first-order valence-electron chi connectivity index (χ1n) is 8.74. The molecule has 0 spiro atoms. The van der Waals surface area contributed by atoms with Crippen LogP contribution in [0.1, 0.15) is 5.56 Å². The molecule has 0 fully saturated rings. The summed E-state index contributed by atoms with van der Waals surface area (Å²) in [6.07, 6.45) is 1.53. The second kappa shape index (κ2) is 7.86. The van der Waals surface area contributed by atoms with E-state index in [0.29, 0.717) is 16.6 Å². The second-order valence-corrected chi connectivity index (χ2v) is 6.84. The lowest BCUT2D eigenvalue weighted by molar-refractivity contribution is 0.306. The summed E-state index contributed by atoms with van der Waals surface area (Å²) >= 11 is 6.36. The predicted molar refractivity (Wildman–Crippen MR) is 113 cm³/mol. The summed E-state index contributed by atoms with van der Waals surface area (Å²) in [5, 5.41) is 4.67. The molecule has 3 aromatic carbocycles. The molecule has 1 aromatic heterocycles. The van der Waals surface area contributed by atoms with Gasteiger partial charge in [0.2, 0.25) is 0 Å². The van der Waals surface area contributed by atoms with Crippen LogP contribution in [0.3, 0.4) is 0 Å². The van der Waals surface area contributed by atoms with E-state index >= 15 is 0 Å². The van der Waals surface area contributed by atoms with Crippen LogP contribution in [-0.4, -0.2) is 17.8 Å². The van der Waals surface area contributed by atoms with Gasteiger partial charge in [0.1, 0.15) is 38.2 Å². The summed E-state index contributed by atoms with van der Waals surface area (Å²) in [5.41, 5.74) is 3.51. The highest BCUT2D eigenvalue weighted by Gasteiger charge is 2.08. The Hall–Kier alpha value is -3.12. The minimum Gasteiger partial charge on any atom is -0.487 e. The summed E-state index contributed by atoms with van der Waals surface area (Å²) < 4.78 is 19.0. The molecular weight excluding hydrogens is 376 g/mol. The largest absolute Gasteiger partial charge is 0.487 e. The standard InChI is InChI=1S/C21H16BClFN3O/c22-14-4-6-19-17(9-14)21(26-12-25-19)27-16-5-7-20(18(23)10-16)28-11-13-2-1-3-15(24)8-13/h1-10,12H,11,22H2,(H,25,26,27). The van der Waals surface area contributed by atoms with Crippen molar-refractivity contribution in [2.75, 3.05) is 5.32 Å². The van der Waals surface area contributed by atoms with Crippen LogP contribution in [0.25, 0.3) is 10.9 Å². The van der Waals surface area contributed by atoms with Gasteiger partial charge in [-0.05, 0) is 42.0 Å². The molecule has 0 bridgehead atoms. The van der Waals surface area contributed by atoms with Gasteiger partial charge in [-0.2, -0.15) is 0 Å². The van der Waals surface area contributed by atoms with E-state index < -0.39 is 0 Å². The molecule has 0 aliphatic carbocycles. The average Bonchev–Trinajstić information content (AvgIpc) is 2.68.